The minimum absolute atomic E-state index is 0.110. The number of hydrogen-bond acceptors (Lipinski definition) is 6. The van der Waals surface area contributed by atoms with Gasteiger partial charge in [0.2, 0.25) is 0 Å². The molecule has 5 aromatic rings. The van der Waals surface area contributed by atoms with Crippen LogP contribution in [0.5, 0.6) is 0 Å². The van der Waals surface area contributed by atoms with E-state index in [-0.39, 0.29) is 12.1 Å². The number of aryl methyl sites for hydroxylation is 3. The summed E-state index contributed by atoms with van der Waals surface area (Å²) in [5.41, 5.74) is 7.02. The molecule has 3 aromatic carbocycles. The largest absolute Gasteiger partial charge is 0.338 e. The number of pyridine rings is 1. The SMILES string of the molecule is O=C(NCCc1ccccc1)N1CCN([C@H]2c3ccc(Cl)cc3CCc3cc(Br)cnc32)C[C@@H]1ON(CCCn1ccnc1)Cc1ccccc1. The van der Waals surface area contributed by atoms with Gasteiger partial charge in [-0.1, -0.05) is 78.3 Å². The van der Waals surface area contributed by atoms with Gasteiger partial charge in [0.05, 0.1) is 18.1 Å². The molecule has 264 valence electrons. The Bertz CT molecular complexity index is 1830. The lowest BCUT2D eigenvalue weighted by Crippen LogP contribution is -2.60. The number of fused-ring (bicyclic) bond motifs is 2. The molecule has 1 saturated heterocycles. The number of imidazole rings is 1. The van der Waals surface area contributed by atoms with Gasteiger partial charge in [0.1, 0.15) is 0 Å². The maximum Gasteiger partial charge on any atom is 0.319 e. The number of rotatable bonds is 12. The molecule has 51 heavy (non-hydrogen) atoms. The Balaban J connectivity index is 1.17. The summed E-state index contributed by atoms with van der Waals surface area (Å²) < 4.78 is 3.04. The molecule has 0 bridgehead atoms. The number of hydroxylamine groups is 2. The van der Waals surface area contributed by atoms with Crippen molar-refractivity contribution in [2.24, 2.45) is 0 Å². The maximum atomic E-state index is 14.0. The van der Waals surface area contributed by atoms with Crippen LogP contribution in [0, 0.1) is 0 Å². The van der Waals surface area contributed by atoms with E-state index in [0.717, 1.165) is 53.0 Å². The number of carbonyl (C=O) groups is 1. The van der Waals surface area contributed by atoms with E-state index in [0.29, 0.717) is 39.3 Å². The second kappa shape index (κ2) is 17.0. The third-order valence-corrected chi connectivity index (χ3v) is 10.3. The molecule has 0 saturated carbocycles. The number of amides is 2. The van der Waals surface area contributed by atoms with E-state index in [1.165, 1.54) is 22.3 Å². The molecule has 2 atom stereocenters. The van der Waals surface area contributed by atoms with Crippen molar-refractivity contribution in [3.63, 3.8) is 0 Å². The minimum atomic E-state index is -0.537. The van der Waals surface area contributed by atoms with E-state index in [9.17, 15) is 4.79 Å². The van der Waals surface area contributed by atoms with Crippen LogP contribution in [0.15, 0.2) is 114 Å². The first kappa shape index (κ1) is 35.3. The fourth-order valence-electron chi connectivity index (χ4n) is 7.15. The van der Waals surface area contributed by atoms with Crippen molar-refractivity contribution in [2.45, 2.75) is 51.0 Å². The Hall–Kier alpha value is -4.06. The lowest BCUT2D eigenvalue weighted by molar-refractivity contribution is -0.250. The van der Waals surface area contributed by atoms with E-state index in [1.54, 1.807) is 6.20 Å². The predicted octanol–water partition coefficient (Wildman–Crippen LogP) is 7.30. The lowest BCUT2D eigenvalue weighted by Gasteiger charge is -2.45. The Labute approximate surface area is 313 Å². The maximum absolute atomic E-state index is 14.0. The zero-order chi connectivity index (χ0) is 35.0. The summed E-state index contributed by atoms with van der Waals surface area (Å²) >= 11 is 10.2. The van der Waals surface area contributed by atoms with E-state index in [2.05, 4.69) is 78.2 Å². The standard InChI is InChI=1S/C40H43BrClN7O2/c41-34-24-33-13-12-32-25-35(42)14-15-36(32)39(38(33)45-26-34)47-22-23-49(40(50)44-17-16-30-8-3-1-4-9-30)37(28-47)51-48(27-31-10-5-2-6-11-31)20-7-19-46-21-18-43-29-46/h1-6,8-11,14-15,18,21,24-26,29,37,39H,7,12-13,16-17,19-20,22-23,27-28H2,(H,44,50)/t37-,39-/m0/s1. The van der Waals surface area contributed by atoms with Gasteiger partial charge in [0.15, 0.2) is 6.23 Å². The topological polar surface area (TPSA) is 78.8 Å². The van der Waals surface area contributed by atoms with Crippen LogP contribution in [0.1, 0.15) is 46.0 Å². The van der Waals surface area contributed by atoms with Crippen molar-refractivity contribution in [2.75, 3.05) is 32.7 Å². The summed E-state index contributed by atoms with van der Waals surface area (Å²) in [4.78, 5) is 34.4. The Morgan fingerprint density at radius 1 is 0.980 bits per heavy atom. The second-order valence-electron chi connectivity index (χ2n) is 13.2. The molecule has 2 amide bonds. The summed E-state index contributed by atoms with van der Waals surface area (Å²) in [6.07, 6.45) is 10.3. The van der Waals surface area contributed by atoms with Gasteiger partial charge >= 0.3 is 6.03 Å². The van der Waals surface area contributed by atoms with Crippen molar-refractivity contribution >= 4 is 33.6 Å². The summed E-state index contributed by atoms with van der Waals surface area (Å²) in [6, 6.07) is 28.8. The number of urea groups is 1. The molecule has 1 fully saturated rings. The lowest BCUT2D eigenvalue weighted by atomic mass is 9.96. The minimum Gasteiger partial charge on any atom is -0.338 e. The van der Waals surface area contributed by atoms with Crippen LogP contribution in [0.3, 0.4) is 0 Å². The van der Waals surface area contributed by atoms with Crippen LogP contribution < -0.4 is 5.32 Å². The van der Waals surface area contributed by atoms with Crippen LogP contribution in [0.2, 0.25) is 5.02 Å². The van der Waals surface area contributed by atoms with Crippen LogP contribution >= 0.6 is 27.5 Å². The monoisotopic (exact) mass is 767 g/mol. The average Bonchev–Trinajstić information content (AvgIpc) is 3.61. The summed E-state index contributed by atoms with van der Waals surface area (Å²) in [5, 5.41) is 5.95. The average molecular weight is 769 g/mol. The number of hydrogen-bond donors (Lipinski definition) is 1. The predicted molar refractivity (Wildman–Crippen MR) is 203 cm³/mol. The van der Waals surface area contributed by atoms with Crippen molar-refractivity contribution in [3.8, 4) is 0 Å². The summed E-state index contributed by atoms with van der Waals surface area (Å²) in [5.74, 6) is 0. The molecule has 9 nitrogen and oxygen atoms in total. The third-order valence-electron chi connectivity index (χ3n) is 9.67. The highest BCUT2D eigenvalue weighted by Gasteiger charge is 2.39. The van der Waals surface area contributed by atoms with E-state index in [1.807, 2.05) is 71.1 Å². The van der Waals surface area contributed by atoms with Gasteiger partial charge < -0.3 is 9.88 Å². The molecular formula is C40H43BrClN7O2. The fourth-order valence-corrected chi connectivity index (χ4v) is 7.72. The molecule has 11 heteroatoms. The molecule has 0 spiro atoms. The Kier molecular flexibility index (Phi) is 11.8. The van der Waals surface area contributed by atoms with Gasteiger partial charge in [-0.15, -0.1) is 0 Å². The first-order valence-corrected chi connectivity index (χ1v) is 18.8. The number of nitrogens with one attached hydrogen (secondary N) is 1. The Morgan fingerprint density at radius 3 is 2.55 bits per heavy atom. The first-order valence-electron chi connectivity index (χ1n) is 17.7. The summed E-state index contributed by atoms with van der Waals surface area (Å²) in [7, 11) is 0. The number of nitrogens with zero attached hydrogens (tertiary/aromatic N) is 6. The highest BCUT2D eigenvalue weighted by molar-refractivity contribution is 9.10. The third kappa shape index (κ3) is 9.06. The highest BCUT2D eigenvalue weighted by atomic mass is 79.9. The molecular weight excluding hydrogens is 726 g/mol. The number of carbonyl (C=O) groups excluding carboxylic acids is 1. The quantitative estimate of drug-likeness (QED) is 0.134. The molecule has 3 heterocycles. The van der Waals surface area contributed by atoms with Crippen molar-refractivity contribution in [1.29, 1.82) is 0 Å². The zero-order valence-corrected chi connectivity index (χ0v) is 30.9. The molecule has 0 unspecified atom stereocenters. The molecule has 1 aliphatic carbocycles. The van der Waals surface area contributed by atoms with E-state index >= 15 is 0 Å². The molecule has 0 radical (unpaired) electrons. The molecule has 1 N–H and O–H groups in total. The molecule has 7 rings (SSSR count). The molecule has 1 aliphatic heterocycles. The van der Waals surface area contributed by atoms with Crippen LogP contribution in [0.25, 0.3) is 0 Å². The van der Waals surface area contributed by atoms with Crippen LogP contribution in [-0.2, 0) is 37.2 Å². The van der Waals surface area contributed by atoms with Gasteiger partial charge in [-0.2, -0.15) is 5.06 Å². The smallest absolute Gasteiger partial charge is 0.319 e. The second-order valence-corrected chi connectivity index (χ2v) is 14.5. The van der Waals surface area contributed by atoms with Gasteiger partial charge in [-0.05, 0) is 87.6 Å². The molecule has 2 aliphatic rings. The van der Waals surface area contributed by atoms with Gasteiger partial charge in [-0.25, -0.2) is 9.78 Å². The van der Waals surface area contributed by atoms with Crippen LogP contribution in [0.4, 0.5) is 4.79 Å². The molecule has 2 aromatic heterocycles. The van der Waals surface area contributed by atoms with Gasteiger partial charge in [-0.3, -0.25) is 19.6 Å². The number of aromatic nitrogens is 3. The number of benzene rings is 3. The number of halogens is 2. The zero-order valence-electron chi connectivity index (χ0n) is 28.6. The van der Waals surface area contributed by atoms with E-state index in [4.69, 9.17) is 21.4 Å². The Morgan fingerprint density at radius 2 is 1.76 bits per heavy atom. The van der Waals surface area contributed by atoms with Gasteiger partial charge in [0, 0.05) is 73.9 Å². The fraction of sp³-hybridized carbons (Fsp3) is 0.325. The van der Waals surface area contributed by atoms with Crippen LogP contribution in [-0.4, -0.2) is 74.4 Å². The van der Waals surface area contributed by atoms with Crippen molar-refractivity contribution in [1.82, 2.24) is 34.7 Å². The van der Waals surface area contributed by atoms with Gasteiger partial charge in [0.25, 0.3) is 0 Å². The van der Waals surface area contributed by atoms with E-state index < -0.39 is 6.23 Å². The highest BCUT2D eigenvalue weighted by Crippen LogP contribution is 2.38. The summed E-state index contributed by atoms with van der Waals surface area (Å²) in [6.45, 7) is 4.29. The first-order chi connectivity index (χ1) is 25.0. The van der Waals surface area contributed by atoms with Crippen molar-refractivity contribution in [3.05, 3.63) is 153 Å². The van der Waals surface area contributed by atoms with Crippen molar-refractivity contribution < 1.29 is 9.63 Å². The normalized spacial score (nSPS) is 17.5. The number of piperazine rings is 1.